The van der Waals surface area contributed by atoms with Gasteiger partial charge in [0.2, 0.25) is 5.91 Å². The molecular weight excluding hydrogens is 412 g/mol. The number of carbonyl (C=O) groups is 1. The first-order valence-corrected chi connectivity index (χ1v) is 11.2. The van der Waals surface area contributed by atoms with Crippen LogP contribution in [0.3, 0.4) is 0 Å². The summed E-state index contributed by atoms with van der Waals surface area (Å²) in [7, 11) is -3.80. The first-order valence-electron chi connectivity index (χ1n) is 9.37. The number of sulfonamides is 1. The van der Waals surface area contributed by atoms with E-state index in [1.54, 1.807) is 23.1 Å². The molecule has 29 heavy (non-hydrogen) atoms. The van der Waals surface area contributed by atoms with E-state index in [-0.39, 0.29) is 23.3 Å². The van der Waals surface area contributed by atoms with Gasteiger partial charge in [-0.25, -0.2) is 8.42 Å². The summed E-state index contributed by atoms with van der Waals surface area (Å²) in [5.41, 5.74) is 0.228. The third kappa shape index (κ3) is 4.67. The van der Waals surface area contributed by atoms with Crippen molar-refractivity contribution in [2.24, 2.45) is 11.3 Å². The number of fused-ring (bicyclic) bond motifs is 1. The molecule has 1 aliphatic rings. The van der Waals surface area contributed by atoms with Gasteiger partial charge in [0.1, 0.15) is 12.4 Å². The minimum Gasteiger partial charge on any atom is -0.490 e. The lowest BCUT2D eigenvalue weighted by Gasteiger charge is -2.29. The van der Waals surface area contributed by atoms with Crippen molar-refractivity contribution in [1.82, 2.24) is 0 Å². The summed E-state index contributed by atoms with van der Waals surface area (Å²) >= 11 is 5.84. The fourth-order valence-electron chi connectivity index (χ4n) is 3.08. The van der Waals surface area contributed by atoms with Crippen molar-refractivity contribution in [1.29, 1.82) is 0 Å². The molecule has 8 heteroatoms. The van der Waals surface area contributed by atoms with Gasteiger partial charge in [-0.05, 0) is 62.2 Å². The van der Waals surface area contributed by atoms with Crippen LogP contribution < -0.4 is 14.4 Å². The Morgan fingerprint density at radius 3 is 2.45 bits per heavy atom. The fraction of sp³-hybridized carbons (Fsp3) is 0.381. The Morgan fingerprint density at radius 1 is 1.17 bits per heavy atom. The first kappa shape index (κ1) is 21.5. The molecule has 6 nitrogen and oxygen atoms in total. The highest BCUT2D eigenvalue weighted by atomic mass is 35.5. The van der Waals surface area contributed by atoms with Crippen LogP contribution in [0.4, 0.5) is 11.4 Å². The second kappa shape index (κ2) is 7.88. The number of nitrogens with one attached hydrogen (secondary N) is 1. The van der Waals surface area contributed by atoms with Crippen molar-refractivity contribution in [2.45, 2.75) is 32.6 Å². The lowest BCUT2D eigenvalue weighted by molar-refractivity contribution is -0.127. The van der Waals surface area contributed by atoms with Crippen LogP contribution in [0.25, 0.3) is 0 Å². The fourth-order valence-corrected chi connectivity index (χ4v) is 4.26. The topological polar surface area (TPSA) is 75.7 Å². The van der Waals surface area contributed by atoms with E-state index in [1.165, 1.54) is 24.3 Å². The Hall–Kier alpha value is -2.25. The smallest absolute Gasteiger partial charge is 0.261 e. The molecule has 1 heterocycles. The molecule has 0 atom stereocenters. The molecule has 0 radical (unpaired) electrons. The molecule has 0 aliphatic carbocycles. The second-order valence-electron chi connectivity index (χ2n) is 8.22. The van der Waals surface area contributed by atoms with Crippen LogP contribution in [0.1, 0.15) is 27.7 Å². The number of carbonyl (C=O) groups excluding carboxylic acids is 1. The molecule has 0 fully saturated rings. The zero-order valence-electron chi connectivity index (χ0n) is 16.9. The number of rotatable bonds is 5. The van der Waals surface area contributed by atoms with Crippen molar-refractivity contribution in [3.63, 3.8) is 0 Å². The predicted molar refractivity (Wildman–Crippen MR) is 115 cm³/mol. The zero-order valence-corrected chi connectivity index (χ0v) is 18.5. The maximum absolute atomic E-state index is 13.1. The van der Waals surface area contributed by atoms with Crippen LogP contribution in [0, 0.1) is 11.3 Å². The van der Waals surface area contributed by atoms with Gasteiger partial charge < -0.3 is 9.64 Å². The summed E-state index contributed by atoms with van der Waals surface area (Å²) < 4.78 is 33.9. The largest absolute Gasteiger partial charge is 0.490 e. The van der Waals surface area contributed by atoms with E-state index in [2.05, 4.69) is 4.72 Å². The summed E-state index contributed by atoms with van der Waals surface area (Å²) in [5, 5.41) is 0.455. The molecule has 1 aliphatic heterocycles. The molecular formula is C21H25ClN2O4S. The molecule has 3 rings (SSSR count). The van der Waals surface area contributed by atoms with Crippen LogP contribution in [-0.2, 0) is 14.8 Å². The Morgan fingerprint density at radius 2 is 1.83 bits per heavy atom. The lowest BCUT2D eigenvalue weighted by atomic mass is 9.92. The van der Waals surface area contributed by atoms with E-state index >= 15 is 0 Å². The molecule has 0 unspecified atom stereocenters. The highest BCUT2D eigenvalue weighted by molar-refractivity contribution is 7.92. The molecule has 0 saturated heterocycles. The van der Waals surface area contributed by atoms with Crippen LogP contribution in [-0.4, -0.2) is 27.5 Å². The van der Waals surface area contributed by atoms with Gasteiger partial charge in [-0.3, -0.25) is 9.52 Å². The quantitative estimate of drug-likeness (QED) is 0.746. The SMILES string of the molecule is CC(C)CN1C(=O)C(C)(C)COc2ccc(NS(=O)(=O)c3ccc(Cl)cc3)cc21. The van der Waals surface area contributed by atoms with E-state index in [4.69, 9.17) is 16.3 Å². The van der Waals surface area contributed by atoms with Gasteiger partial charge in [0.25, 0.3) is 10.0 Å². The monoisotopic (exact) mass is 436 g/mol. The summed E-state index contributed by atoms with van der Waals surface area (Å²) in [4.78, 5) is 14.9. The van der Waals surface area contributed by atoms with Gasteiger partial charge >= 0.3 is 0 Å². The number of halogens is 1. The minimum absolute atomic E-state index is 0.0531. The van der Waals surface area contributed by atoms with Gasteiger partial charge in [0.05, 0.1) is 21.7 Å². The van der Waals surface area contributed by atoms with E-state index in [1.807, 2.05) is 27.7 Å². The van der Waals surface area contributed by atoms with Gasteiger partial charge in [-0.1, -0.05) is 25.4 Å². The third-order valence-electron chi connectivity index (χ3n) is 4.59. The Balaban J connectivity index is 1.99. The van der Waals surface area contributed by atoms with Crippen molar-refractivity contribution < 1.29 is 17.9 Å². The standard InChI is InChI=1S/C21H25ClN2O4S/c1-14(2)12-24-18-11-16(7-10-19(18)28-13-21(3,4)20(24)25)23-29(26,27)17-8-5-15(22)6-9-17/h5-11,14,23H,12-13H2,1-4H3. The van der Waals surface area contributed by atoms with E-state index in [0.29, 0.717) is 28.7 Å². The highest BCUT2D eigenvalue weighted by Crippen LogP contribution is 2.39. The number of anilines is 2. The van der Waals surface area contributed by atoms with Gasteiger partial charge in [-0.15, -0.1) is 0 Å². The van der Waals surface area contributed by atoms with E-state index in [0.717, 1.165) is 0 Å². The lowest BCUT2D eigenvalue weighted by Crippen LogP contribution is -2.43. The molecule has 0 aromatic heterocycles. The maximum Gasteiger partial charge on any atom is 0.261 e. The summed E-state index contributed by atoms with van der Waals surface area (Å²) in [6, 6.07) is 10.9. The van der Waals surface area contributed by atoms with Crippen molar-refractivity contribution in [3.8, 4) is 5.75 Å². The van der Waals surface area contributed by atoms with Crippen LogP contribution in [0.15, 0.2) is 47.4 Å². The second-order valence-corrected chi connectivity index (χ2v) is 10.3. The summed E-state index contributed by atoms with van der Waals surface area (Å²) in [5.74, 6) is 0.733. The third-order valence-corrected chi connectivity index (χ3v) is 6.24. The van der Waals surface area contributed by atoms with E-state index in [9.17, 15) is 13.2 Å². The molecule has 156 valence electrons. The predicted octanol–water partition coefficient (Wildman–Crippen LogP) is 4.55. The Kier molecular flexibility index (Phi) is 5.83. The van der Waals surface area contributed by atoms with Gasteiger partial charge in [-0.2, -0.15) is 0 Å². The molecule has 1 N–H and O–H groups in total. The van der Waals surface area contributed by atoms with E-state index < -0.39 is 15.4 Å². The van der Waals surface area contributed by atoms with Crippen molar-refractivity contribution in [2.75, 3.05) is 22.8 Å². The van der Waals surface area contributed by atoms with Gasteiger partial charge in [0, 0.05) is 11.6 Å². The number of nitrogens with zero attached hydrogens (tertiary/aromatic N) is 1. The van der Waals surface area contributed by atoms with Crippen LogP contribution >= 0.6 is 11.6 Å². The molecule has 0 spiro atoms. The number of amides is 1. The zero-order chi connectivity index (χ0) is 21.4. The number of benzene rings is 2. The average molecular weight is 437 g/mol. The normalized spacial score (nSPS) is 16.2. The Labute approximate surface area is 176 Å². The van der Waals surface area contributed by atoms with Crippen LogP contribution in [0.2, 0.25) is 5.02 Å². The van der Waals surface area contributed by atoms with Crippen molar-refractivity contribution >= 4 is 38.9 Å². The minimum atomic E-state index is -3.80. The first-order chi connectivity index (χ1) is 13.5. The average Bonchev–Trinajstić information content (AvgIpc) is 2.72. The summed E-state index contributed by atoms with van der Waals surface area (Å²) in [6.07, 6.45) is 0. The number of hydrogen-bond acceptors (Lipinski definition) is 4. The molecule has 2 aromatic carbocycles. The molecule has 0 saturated carbocycles. The number of ether oxygens (including phenoxy) is 1. The summed E-state index contributed by atoms with van der Waals surface area (Å²) in [6.45, 7) is 8.50. The van der Waals surface area contributed by atoms with Crippen molar-refractivity contribution in [3.05, 3.63) is 47.5 Å². The molecule has 1 amide bonds. The maximum atomic E-state index is 13.1. The Bertz CT molecular complexity index is 1020. The number of hydrogen-bond donors (Lipinski definition) is 1. The van der Waals surface area contributed by atoms with Gasteiger partial charge in [0.15, 0.2) is 0 Å². The molecule has 0 bridgehead atoms. The van der Waals surface area contributed by atoms with Crippen LogP contribution in [0.5, 0.6) is 5.75 Å². The highest BCUT2D eigenvalue weighted by Gasteiger charge is 2.38. The molecule has 2 aromatic rings.